The Balaban J connectivity index is 2.93. The molecule has 0 aliphatic rings. The Morgan fingerprint density at radius 3 is 2.71 bits per heavy atom. The Labute approximate surface area is 102 Å². The number of nitrogens with zero attached hydrogens (tertiary/aromatic N) is 1. The van der Waals surface area contributed by atoms with Crippen LogP contribution >= 0.6 is 11.6 Å². The predicted molar refractivity (Wildman–Crippen MR) is 60.2 cm³/mol. The van der Waals surface area contributed by atoms with E-state index in [1.54, 1.807) is 0 Å². The third kappa shape index (κ3) is 3.32. The summed E-state index contributed by atoms with van der Waals surface area (Å²) in [7, 11) is 1.22. The molecule has 17 heavy (non-hydrogen) atoms. The number of ether oxygens (including phenoxy) is 2. The summed E-state index contributed by atoms with van der Waals surface area (Å²) in [6, 6.07) is 3.73. The molecule has 0 spiro atoms. The highest BCUT2D eigenvalue weighted by molar-refractivity contribution is 6.32. The van der Waals surface area contributed by atoms with Crippen molar-refractivity contribution in [3.63, 3.8) is 0 Å². The van der Waals surface area contributed by atoms with Gasteiger partial charge in [0.25, 0.3) is 5.69 Å². The third-order valence-corrected chi connectivity index (χ3v) is 2.27. The molecule has 7 heteroatoms. The molecule has 0 fully saturated rings. The van der Waals surface area contributed by atoms with Gasteiger partial charge in [0.05, 0.1) is 23.1 Å². The maximum Gasteiger partial charge on any atom is 0.346 e. The van der Waals surface area contributed by atoms with E-state index in [9.17, 15) is 14.9 Å². The summed E-state index contributed by atoms with van der Waals surface area (Å²) >= 11 is 5.79. The maximum absolute atomic E-state index is 11.1. The summed E-state index contributed by atoms with van der Waals surface area (Å²) in [5.41, 5.74) is -0.165. The number of hydrogen-bond acceptors (Lipinski definition) is 5. The maximum atomic E-state index is 11.1. The second-order valence-electron chi connectivity index (χ2n) is 3.16. The number of nitro groups is 1. The van der Waals surface area contributed by atoms with E-state index in [-0.39, 0.29) is 16.5 Å². The van der Waals surface area contributed by atoms with E-state index < -0.39 is 17.0 Å². The summed E-state index contributed by atoms with van der Waals surface area (Å²) in [5.74, 6) is -0.522. The molecule has 0 saturated heterocycles. The fraction of sp³-hybridized carbons (Fsp3) is 0.300. The van der Waals surface area contributed by atoms with Crippen molar-refractivity contribution in [1.29, 1.82) is 0 Å². The standard InChI is InChI=1S/C10H10ClNO5/c1-6(10(13)16-2)17-9-5-7(12(14)15)3-4-8(9)11/h3-6H,1-2H3. The van der Waals surface area contributed by atoms with Crippen LogP contribution in [0.5, 0.6) is 5.75 Å². The lowest BCUT2D eigenvalue weighted by atomic mass is 10.3. The summed E-state index contributed by atoms with van der Waals surface area (Å²) in [6.45, 7) is 1.46. The van der Waals surface area contributed by atoms with Gasteiger partial charge in [-0.25, -0.2) is 4.79 Å². The zero-order valence-corrected chi connectivity index (χ0v) is 9.93. The van der Waals surface area contributed by atoms with Crippen LogP contribution in [0.2, 0.25) is 5.02 Å². The number of esters is 1. The van der Waals surface area contributed by atoms with Crippen LogP contribution in [0.1, 0.15) is 6.92 Å². The fourth-order valence-electron chi connectivity index (χ4n) is 1.10. The zero-order chi connectivity index (χ0) is 13.0. The molecule has 0 radical (unpaired) electrons. The Kier molecular flexibility index (Phi) is 4.28. The lowest BCUT2D eigenvalue weighted by molar-refractivity contribution is -0.384. The number of carbonyl (C=O) groups is 1. The van der Waals surface area contributed by atoms with Crippen LogP contribution in [0.25, 0.3) is 0 Å². The van der Waals surface area contributed by atoms with Crippen molar-refractivity contribution in [2.45, 2.75) is 13.0 Å². The normalized spacial score (nSPS) is 11.7. The Morgan fingerprint density at radius 2 is 2.18 bits per heavy atom. The van der Waals surface area contributed by atoms with Crippen LogP contribution < -0.4 is 4.74 Å². The van der Waals surface area contributed by atoms with Crippen molar-refractivity contribution in [2.24, 2.45) is 0 Å². The van der Waals surface area contributed by atoms with Crippen molar-refractivity contribution in [3.8, 4) is 5.75 Å². The molecular weight excluding hydrogens is 250 g/mol. The second kappa shape index (κ2) is 5.49. The van der Waals surface area contributed by atoms with E-state index in [0.717, 1.165) is 6.07 Å². The fourth-order valence-corrected chi connectivity index (χ4v) is 1.26. The molecule has 1 unspecified atom stereocenters. The lowest BCUT2D eigenvalue weighted by Crippen LogP contribution is -2.25. The van der Waals surface area contributed by atoms with Gasteiger partial charge in [0.1, 0.15) is 5.75 Å². The Hall–Kier alpha value is -1.82. The van der Waals surface area contributed by atoms with Crippen molar-refractivity contribution >= 4 is 23.3 Å². The first-order chi connectivity index (χ1) is 7.95. The van der Waals surface area contributed by atoms with Crippen LogP contribution in [0.4, 0.5) is 5.69 Å². The average Bonchev–Trinajstić information content (AvgIpc) is 2.30. The van der Waals surface area contributed by atoms with Crippen LogP contribution in [0, 0.1) is 10.1 Å². The van der Waals surface area contributed by atoms with Crippen LogP contribution in [0.3, 0.4) is 0 Å². The van der Waals surface area contributed by atoms with E-state index >= 15 is 0 Å². The van der Waals surface area contributed by atoms with Gasteiger partial charge in [-0.3, -0.25) is 10.1 Å². The molecule has 1 aromatic rings. The average molecular weight is 260 g/mol. The highest BCUT2D eigenvalue weighted by Crippen LogP contribution is 2.29. The Bertz CT molecular complexity index is 448. The van der Waals surface area contributed by atoms with E-state index in [2.05, 4.69) is 4.74 Å². The minimum absolute atomic E-state index is 0.0683. The predicted octanol–water partition coefficient (Wildman–Crippen LogP) is 2.19. The largest absolute Gasteiger partial charge is 0.477 e. The van der Waals surface area contributed by atoms with Crippen molar-refractivity contribution in [1.82, 2.24) is 0 Å². The molecule has 1 atom stereocenters. The summed E-state index contributed by atoms with van der Waals surface area (Å²) in [4.78, 5) is 21.1. The topological polar surface area (TPSA) is 78.7 Å². The number of nitro benzene ring substituents is 1. The molecular formula is C10H10ClNO5. The van der Waals surface area contributed by atoms with Crippen molar-refractivity contribution in [3.05, 3.63) is 33.3 Å². The van der Waals surface area contributed by atoms with E-state index in [1.807, 2.05) is 0 Å². The number of rotatable bonds is 4. The van der Waals surface area contributed by atoms with Crippen LogP contribution in [0.15, 0.2) is 18.2 Å². The molecule has 0 amide bonds. The molecule has 0 aromatic heterocycles. The summed E-state index contributed by atoms with van der Waals surface area (Å²) in [6.07, 6.45) is -0.889. The lowest BCUT2D eigenvalue weighted by Gasteiger charge is -2.13. The Morgan fingerprint density at radius 1 is 1.53 bits per heavy atom. The SMILES string of the molecule is COC(=O)C(C)Oc1cc([N+](=O)[O-])ccc1Cl. The highest BCUT2D eigenvalue weighted by Gasteiger charge is 2.18. The molecule has 1 rings (SSSR count). The van der Waals surface area contributed by atoms with Crippen molar-refractivity contribution in [2.75, 3.05) is 7.11 Å². The number of halogens is 1. The quantitative estimate of drug-likeness (QED) is 0.470. The van der Waals surface area contributed by atoms with Crippen LogP contribution in [-0.4, -0.2) is 24.1 Å². The number of carbonyl (C=O) groups excluding carboxylic acids is 1. The summed E-state index contributed by atoms with van der Waals surface area (Å²) in [5, 5.41) is 10.7. The van der Waals surface area contributed by atoms with Gasteiger partial charge in [-0.15, -0.1) is 0 Å². The van der Waals surface area contributed by atoms with Gasteiger partial charge in [0, 0.05) is 6.07 Å². The first-order valence-electron chi connectivity index (χ1n) is 4.64. The molecule has 0 N–H and O–H groups in total. The third-order valence-electron chi connectivity index (χ3n) is 1.96. The van der Waals surface area contributed by atoms with Gasteiger partial charge in [-0.2, -0.15) is 0 Å². The van der Waals surface area contributed by atoms with Gasteiger partial charge in [-0.1, -0.05) is 11.6 Å². The molecule has 1 aromatic carbocycles. The first-order valence-corrected chi connectivity index (χ1v) is 5.02. The molecule has 0 aliphatic heterocycles. The molecule has 6 nitrogen and oxygen atoms in total. The number of non-ortho nitro benzene ring substituents is 1. The molecule has 0 heterocycles. The van der Waals surface area contributed by atoms with Gasteiger partial charge in [0.2, 0.25) is 0 Å². The molecule has 0 saturated carbocycles. The first kappa shape index (κ1) is 13.2. The number of methoxy groups -OCH3 is 1. The van der Waals surface area contributed by atoms with Gasteiger partial charge < -0.3 is 9.47 Å². The second-order valence-corrected chi connectivity index (χ2v) is 3.56. The minimum atomic E-state index is -0.889. The smallest absolute Gasteiger partial charge is 0.346 e. The van der Waals surface area contributed by atoms with E-state index in [0.29, 0.717) is 0 Å². The van der Waals surface area contributed by atoms with E-state index in [1.165, 1.54) is 26.2 Å². The molecule has 0 aliphatic carbocycles. The van der Waals surface area contributed by atoms with Gasteiger partial charge in [-0.05, 0) is 13.0 Å². The molecule has 0 bridgehead atoms. The van der Waals surface area contributed by atoms with Crippen molar-refractivity contribution < 1.29 is 19.2 Å². The van der Waals surface area contributed by atoms with Crippen LogP contribution in [-0.2, 0) is 9.53 Å². The van der Waals surface area contributed by atoms with Gasteiger partial charge >= 0.3 is 5.97 Å². The van der Waals surface area contributed by atoms with Gasteiger partial charge in [0.15, 0.2) is 6.10 Å². The molecule has 92 valence electrons. The minimum Gasteiger partial charge on any atom is -0.477 e. The summed E-state index contributed by atoms with van der Waals surface area (Å²) < 4.78 is 9.64. The highest BCUT2D eigenvalue weighted by atomic mass is 35.5. The zero-order valence-electron chi connectivity index (χ0n) is 9.18. The monoisotopic (exact) mass is 259 g/mol. The number of hydrogen-bond donors (Lipinski definition) is 0. The van der Waals surface area contributed by atoms with E-state index in [4.69, 9.17) is 16.3 Å². The number of benzene rings is 1.